The number of benzene rings is 1. The molecular formula is C23H37N3O8. The molecular weight excluding hydrogens is 446 g/mol. The lowest BCUT2D eigenvalue weighted by Gasteiger charge is -2.42. The van der Waals surface area contributed by atoms with Crippen molar-refractivity contribution in [1.29, 1.82) is 0 Å². The molecule has 0 amide bonds. The van der Waals surface area contributed by atoms with Crippen LogP contribution in [0.4, 0.5) is 0 Å². The van der Waals surface area contributed by atoms with E-state index >= 15 is 0 Å². The van der Waals surface area contributed by atoms with E-state index in [0.717, 1.165) is 63.7 Å². The number of hydrogen-bond acceptors (Lipinski definition) is 9. The smallest absolute Gasteiger partial charge is 0.414 e. The van der Waals surface area contributed by atoms with Gasteiger partial charge in [-0.3, -0.25) is 14.7 Å². The second kappa shape index (κ2) is 14.0. The quantitative estimate of drug-likeness (QED) is 0.445. The Morgan fingerprint density at radius 3 is 1.91 bits per heavy atom. The van der Waals surface area contributed by atoms with E-state index in [1.54, 1.807) is 21.3 Å². The van der Waals surface area contributed by atoms with E-state index in [2.05, 4.69) is 20.8 Å². The van der Waals surface area contributed by atoms with Crippen LogP contribution in [0.1, 0.15) is 18.4 Å². The molecule has 3 rings (SSSR count). The van der Waals surface area contributed by atoms with Crippen molar-refractivity contribution in [1.82, 2.24) is 14.7 Å². The fourth-order valence-electron chi connectivity index (χ4n) is 4.46. The van der Waals surface area contributed by atoms with Crippen LogP contribution in [0.2, 0.25) is 0 Å². The van der Waals surface area contributed by atoms with Gasteiger partial charge in [0.25, 0.3) is 0 Å². The largest absolute Gasteiger partial charge is 0.493 e. The minimum absolute atomic E-state index is 0.262. The molecule has 0 radical (unpaired) electrons. The third-order valence-corrected chi connectivity index (χ3v) is 6.26. The number of carboxylic acids is 2. The molecule has 34 heavy (non-hydrogen) atoms. The van der Waals surface area contributed by atoms with E-state index in [-0.39, 0.29) is 6.61 Å². The molecule has 0 unspecified atom stereocenters. The third kappa shape index (κ3) is 7.73. The first-order valence-electron chi connectivity index (χ1n) is 11.4. The predicted molar refractivity (Wildman–Crippen MR) is 125 cm³/mol. The van der Waals surface area contributed by atoms with Crippen LogP contribution in [0.25, 0.3) is 0 Å². The molecule has 2 heterocycles. The second-order valence-electron chi connectivity index (χ2n) is 8.21. The van der Waals surface area contributed by atoms with Crippen LogP contribution in [0, 0.1) is 0 Å². The fraction of sp³-hybridized carbons (Fsp3) is 0.652. The Kier molecular flexibility index (Phi) is 11.3. The number of nitrogens with zero attached hydrogens (tertiary/aromatic N) is 3. The Hall–Kier alpha value is -2.60. The van der Waals surface area contributed by atoms with Gasteiger partial charge in [0.1, 0.15) is 0 Å². The summed E-state index contributed by atoms with van der Waals surface area (Å²) in [5.74, 6) is -1.52. The monoisotopic (exact) mass is 483 g/mol. The molecule has 192 valence electrons. The molecule has 1 aromatic rings. The van der Waals surface area contributed by atoms with Crippen molar-refractivity contribution in [2.75, 3.05) is 73.7 Å². The Labute approximate surface area is 200 Å². The van der Waals surface area contributed by atoms with Gasteiger partial charge in [0.2, 0.25) is 5.75 Å². The van der Waals surface area contributed by atoms with Gasteiger partial charge in [-0.05, 0) is 32.0 Å². The van der Waals surface area contributed by atoms with Crippen molar-refractivity contribution in [3.8, 4) is 17.2 Å². The Morgan fingerprint density at radius 1 is 0.853 bits per heavy atom. The molecule has 0 saturated carbocycles. The summed E-state index contributed by atoms with van der Waals surface area (Å²) in [5, 5.41) is 23.9. The number of methoxy groups -OCH3 is 3. The van der Waals surface area contributed by atoms with Crippen LogP contribution in [-0.2, 0) is 16.1 Å². The van der Waals surface area contributed by atoms with E-state index in [4.69, 9.17) is 39.1 Å². The van der Waals surface area contributed by atoms with Crippen LogP contribution in [0.5, 0.6) is 17.2 Å². The minimum atomic E-state index is -1.82. The SMILES string of the molecule is COc1ccc(CN2CCC(N3CCN(CCO)CC3)CC2)c(OC)c1OC.O=C(O)C(=O)O. The molecule has 2 saturated heterocycles. The normalized spacial score (nSPS) is 18.0. The van der Waals surface area contributed by atoms with E-state index in [9.17, 15) is 0 Å². The maximum atomic E-state index is 9.10. The van der Waals surface area contributed by atoms with Crippen LogP contribution in [-0.4, -0.2) is 122 Å². The van der Waals surface area contributed by atoms with E-state index in [1.165, 1.54) is 12.8 Å². The highest BCUT2D eigenvalue weighted by Gasteiger charge is 2.28. The van der Waals surface area contributed by atoms with Gasteiger partial charge in [-0.2, -0.15) is 0 Å². The number of aliphatic hydroxyl groups excluding tert-OH is 1. The first-order valence-corrected chi connectivity index (χ1v) is 11.4. The predicted octanol–water partition coefficient (Wildman–Crippen LogP) is 0.442. The number of β-amino-alcohol motifs (C(OH)–C–C–N with tert-alkyl or cyclic N) is 1. The number of aliphatic carboxylic acids is 2. The molecule has 0 bridgehead atoms. The highest BCUT2D eigenvalue weighted by Crippen LogP contribution is 2.40. The zero-order chi connectivity index (χ0) is 25.1. The van der Waals surface area contributed by atoms with Crippen molar-refractivity contribution >= 4 is 11.9 Å². The van der Waals surface area contributed by atoms with Gasteiger partial charge < -0.3 is 29.5 Å². The zero-order valence-corrected chi connectivity index (χ0v) is 20.2. The Balaban J connectivity index is 0.000000604. The topological polar surface area (TPSA) is 132 Å². The van der Waals surface area contributed by atoms with Gasteiger partial charge in [-0.25, -0.2) is 9.59 Å². The highest BCUT2D eigenvalue weighted by atomic mass is 16.5. The molecule has 0 aliphatic carbocycles. The minimum Gasteiger partial charge on any atom is -0.493 e. The summed E-state index contributed by atoms with van der Waals surface area (Å²) in [6, 6.07) is 4.71. The number of hydrogen-bond donors (Lipinski definition) is 3. The standard InChI is InChI=1S/C21H35N3O4.C2H2O4/c1-26-19-5-4-17(20(27-2)21(19)28-3)16-23-8-6-18(7-9-23)24-12-10-22(11-13-24)14-15-25;3-1(4)2(5)6/h4-5,18,25H,6-16H2,1-3H3;(H,3,4)(H,5,6). The molecule has 1 aromatic carbocycles. The molecule has 3 N–H and O–H groups in total. The van der Waals surface area contributed by atoms with Crippen LogP contribution >= 0.6 is 0 Å². The summed E-state index contributed by atoms with van der Waals surface area (Å²) < 4.78 is 16.5. The summed E-state index contributed by atoms with van der Waals surface area (Å²) in [4.78, 5) is 25.7. The number of ether oxygens (including phenoxy) is 3. The van der Waals surface area contributed by atoms with Gasteiger partial charge in [0.15, 0.2) is 11.5 Å². The molecule has 11 nitrogen and oxygen atoms in total. The Bertz CT molecular complexity index is 779. The Morgan fingerprint density at radius 2 is 1.44 bits per heavy atom. The number of aliphatic hydroxyl groups is 1. The molecule has 2 aliphatic rings. The maximum Gasteiger partial charge on any atom is 0.414 e. The lowest BCUT2D eigenvalue weighted by atomic mass is 10.0. The number of carboxylic acid groups (broad SMARTS) is 2. The van der Waals surface area contributed by atoms with E-state index in [1.807, 2.05) is 6.07 Å². The molecule has 0 spiro atoms. The number of piperazine rings is 1. The fourth-order valence-corrected chi connectivity index (χ4v) is 4.46. The molecule has 0 aromatic heterocycles. The number of rotatable bonds is 8. The molecule has 2 aliphatic heterocycles. The summed E-state index contributed by atoms with van der Waals surface area (Å²) in [7, 11) is 4.98. The molecule has 11 heteroatoms. The maximum absolute atomic E-state index is 9.10. The number of carbonyl (C=O) groups is 2. The van der Waals surface area contributed by atoms with Crippen molar-refractivity contribution in [2.45, 2.75) is 25.4 Å². The average molecular weight is 484 g/mol. The first-order chi connectivity index (χ1) is 16.3. The first kappa shape index (κ1) is 27.6. The van der Waals surface area contributed by atoms with Crippen molar-refractivity contribution in [3.05, 3.63) is 17.7 Å². The highest BCUT2D eigenvalue weighted by molar-refractivity contribution is 6.27. The zero-order valence-electron chi connectivity index (χ0n) is 20.2. The van der Waals surface area contributed by atoms with Gasteiger partial charge in [-0.1, -0.05) is 6.07 Å². The lowest BCUT2D eigenvalue weighted by Crippen LogP contribution is -2.53. The summed E-state index contributed by atoms with van der Waals surface area (Å²) in [6.07, 6.45) is 2.41. The summed E-state index contributed by atoms with van der Waals surface area (Å²) in [5.41, 5.74) is 1.14. The molecule has 0 atom stereocenters. The van der Waals surface area contributed by atoms with Gasteiger partial charge in [-0.15, -0.1) is 0 Å². The van der Waals surface area contributed by atoms with Crippen LogP contribution in [0.15, 0.2) is 12.1 Å². The van der Waals surface area contributed by atoms with E-state index in [0.29, 0.717) is 17.5 Å². The summed E-state index contributed by atoms with van der Waals surface area (Å²) in [6.45, 7) is 8.51. The van der Waals surface area contributed by atoms with Crippen molar-refractivity contribution < 1.29 is 39.1 Å². The van der Waals surface area contributed by atoms with Gasteiger partial charge >= 0.3 is 11.9 Å². The van der Waals surface area contributed by atoms with Crippen molar-refractivity contribution in [2.24, 2.45) is 0 Å². The van der Waals surface area contributed by atoms with E-state index < -0.39 is 11.9 Å². The van der Waals surface area contributed by atoms with Gasteiger partial charge in [0, 0.05) is 50.9 Å². The molecule has 2 fully saturated rings. The number of likely N-dealkylation sites (tertiary alicyclic amines) is 1. The second-order valence-corrected chi connectivity index (χ2v) is 8.21. The van der Waals surface area contributed by atoms with Crippen LogP contribution < -0.4 is 14.2 Å². The summed E-state index contributed by atoms with van der Waals surface area (Å²) >= 11 is 0. The van der Waals surface area contributed by atoms with Crippen molar-refractivity contribution in [3.63, 3.8) is 0 Å². The third-order valence-electron chi connectivity index (χ3n) is 6.26. The number of piperidine rings is 1. The average Bonchev–Trinajstić information content (AvgIpc) is 2.85. The lowest BCUT2D eigenvalue weighted by molar-refractivity contribution is -0.159. The van der Waals surface area contributed by atoms with Gasteiger partial charge in [0.05, 0.1) is 27.9 Å². The van der Waals surface area contributed by atoms with Crippen LogP contribution in [0.3, 0.4) is 0 Å².